The fourth-order valence-electron chi connectivity index (χ4n) is 4.00. The maximum Gasteiger partial charge on any atom is 0.254 e. The molecule has 0 spiro atoms. The van der Waals surface area contributed by atoms with E-state index in [9.17, 15) is 14.3 Å². The number of carbonyl (C=O) groups excluding carboxylic acids is 1. The first-order valence-corrected chi connectivity index (χ1v) is 10.8. The largest absolute Gasteiger partial charge is 0.391 e. The maximum absolute atomic E-state index is 15.0. The Morgan fingerprint density at radius 1 is 1.25 bits per heavy atom. The molecule has 1 aliphatic heterocycles. The number of halogens is 1. The van der Waals surface area contributed by atoms with E-state index in [1.807, 2.05) is 50.5 Å². The zero-order chi connectivity index (χ0) is 22.8. The number of aliphatic hydroxyl groups excluding tert-OH is 1. The first kappa shape index (κ1) is 22.2. The van der Waals surface area contributed by atoms with Gasteiger partial charge >= 0.3 is 0 Å². The minimum Gasteiger partial charge on any atom is -0.391 e. The van der Waals surface area contributed by atoms with E-state index < -0.39 is 23.9 Å². The lowest BCUT2D eigenvalue weighted by Gasteiger charge is -2.28. The van der Waals surface area contributed by atoms with Crippen LogP contribution in [-0.4, -0.2) is 46.2 Å². The van der Waals surface area contributed by atoms with Gasteiger partial charge in [0.05, 0.1) is 30.0 Å². The monoisotopic (exact) mass is 437 g/mol. The van der Waals surface area contributed by atoms with Crippen LogP contribution >= 0.6 is 0 Å². The third-order valence-corrected chi connectivity index (χ3v) is 6.17. The Balaban J connectivity index is 1.56. The summed E-state index contributed by atoms with van der Waals surface area (Å²) in [7, 11) is 1.88. The molecule has 6 nitrogen and oxygen atoms in total. The van der Waals surface area contributed by atoms with Crippen LogP contribution in [0.15, 0.2) is 42.6 Å². The number of carbonyl (C=O) groups is 1. The molecule has 1 amide bonds. The van der Waals surface area contributed by atoms with Crippen LogP contribution in [0.25, 0.3) is 11.3 Å². The van der Waals surface area contributed by atoms with Crippen molar-refractivity contribution >= 4 is 5.91 Å². The lowest BCUT2D eigenvalue weighted by molar-refractivity contribution is -0.0140. The smallest absolute Gasteiger partial charge is 0.254 e. The molecular formula is C25H28FN3O3. The number of benzene rings is 2. The lowest BCUT2D eigenvalue weighted by atomic mass is 9.93. The van der Waals surface area contributed by atoms with Crippen LogP contribution in [0.5, 0.6) is 0 Å². The van der Waals surface area contributed by atoms with Crippen molar-refractivity contribution in [2.75, 3.05) is 13.2 Å². The number of rotatable bonds is 5. The predicted molar refractivity (Wildman–Crippen MR) is 120 cm³/mol. The number of ether oxygens (including phenoxy) is 1. The second-order valence-electron chi connectivity index (χ2n) is 8.41. The second kappa shape index (κ2) is 9.22. The molecule has 2 atom stereocenters. The Morgan fingerprint density at radius 3 is 2.66 bits per heavy atom. The lowest BCUT2D eigenvalue weighted by Crippen LogP contribution is -2.49. The first-order valence-electron chi connectivity index (χ1n) is 10.8. The molecule has 4 rings (SSSR count). The number of aryl methyl sites for hydroxylation is 1. The van der Waals surface area contributed by atoms with Crippen molar-refractivity contribution in [2.45, 2.75) is 38.8 Å². The third kappa shape index (κ3) is 4.59. The highest BCUT2D eigenvalue weighted by Crippen LogP contribution is 2.25. The highest BCUT2D eigenvalue weighted by Gasteiger charge is 2.27. The zero-order valence-electron chi connectivity index (χ0n) is 18.6. The van der Waals surface area contributed by atoms with E-state index in [1.165, 1.54) is 0 Å². The summed E-state index contributed by atoms with van der Waals surface area (Å²) in [6.45, 7) is 4.23. The highest BCUT2D eigenvalue weighted by molar-refractivity contribution is 5.95. The van der Waals surface area contributed by atoms with E-state index >= 15 is 0 Å². The molecule has 0 bridgehead atoms. The van der Waals surface area contributed by atoms with Gasteiger partial charge in [-0.05, 0) is 61.1 Å². The van der Waals surface area contributed by atoms with E-state index in [4.69, 9.17) is 4.74 Å². The van der Waals surface area contributed by atoms with Gasteiger partial charge in [-0.1, -0.05) is 24.3 Å². The number of aromatic nitrogens is 2. The molecule has 32 heavy (non-hydrogen) atoms. The molecule has 2 N–H and O–H groups in total. The van der Waals surface area contributed by atoms with Gasteiger partial charge in [0.2, 0.25) is 0 Å². The number of hydrogen-bond acceptors (Lipinski definition) is 4. The number of hydrogen-bond donors (Lipinski definition) is 2. The Bertz CT molecular complexity index is 1120. The summed E-state index contributed by atoms with van der Waals surface area (Å²) < 4.78 is 22.1. The standard InChI is InChI=1S/C25H28FN3O3/c1-15-16(2)24(26)20(25(31)27-22-14-32-11-9-23(22)30)13-19(15)12-17-4-6-18(7-5-17)21-8-10-29(3)28-21/h4-8,10,13,22-23,30H,9,11-12,14H2,1-3H3,(H,27,31)/t22-,23-/m0/s1. The minimum absolute atomic E-state index is 0.00835. The normalized spacial score (nSPS) is 18.5. The molecule has 1 saturated heterocycles. The Kier molecular flexibility index (Phi) is 6.39. The van der Waals surface area contributed by atoms with Crippen molar-refractivity contribution < 1.29 is 19.0 Å². The van der Waals surface area contributed by atoms with Gasteiger partial charge in [0.15, 0.2) is 0 Å². The van der Waals surface area contributed by atoms with Gasteiger partial charge < -0.3 is 15.2 Å². The van der Waals surface area contributed by atoms with Crippen molar-refractivity contribution in [3.8, 4) is 11.3 Å². The van der Waals surface area contributed by atoms with E-state index in [2.05, 4.69) is 10.4 Å². The van der Waals surface area contributed by atoms with Gasteiger partial charge in [-0.2, -0.15) is 5.10 Å². The molecule has 0 radical (unpaired) electrons. The molecule has 7 heteroatoms. The predicted octanol–water partition coefficient (Wildman–Crippen LogP) is 3.31. The number of nitrogens with one attached hydrogen (secondary N) is 1. The number of aliphatic hydroxyl groups is 1. The molecular weight excluding hydrogens is 409 g/mol. The van der Waals surface area contributed by atoms with Crippen LogP contribution in [-0.2, 0) is 18.2 Å². The first-order chi connectivity index (χ1) is 15.3. The quantitative estimate of drug-likeness (QED) is 0.642. The zero-order valence-corrected chi connectivity index (χ0v) is 18.6. The summed E-state index contributed by atoms with van der Waals surface area (Å²) >= 11 is 0. The van der Waals surface area contributed by atoms with Gasteiger partial charge in [-0.15, -0.1) is 0 Å². The summed E-state index contributed by atoms with van der Waals surface area (Å²) in [5, 5.41) is 17.2. The van der Waals surface area contributed by atoms with Crippen LogP contribution in [0.3, 0.4) is 0 Å². The molecule has 168 valence electrons. The van der Waals surface area contributed by atoms with Crippen LogP contribution in [0.2, 0.25) is 0 Å². The molecule has 2 heterocycles. The Morgan fingerprint density at radius 2 is 2.00 bits per heavy atom. The van der Waals surface area contributed by atoms with Crippen molar-refractivity contribution in [1.82, 2.24) is 15.1 Å². The van der Waals surface area contributed by atoms with E-state index in [0.717, 1.165) is 27.9 Å². The molecule has 0 saturated carbocycles. The van der Waals surface area contributed by atoms with Crippen molar-refractivity contribution in [3.63, 3.8) is 0 Å². The minimum atomic E-state index is -0.695. The molecule has 0 unspecified atom stereocenters. The Labute approximate surface area is 187 Å². The molecule has 2 aromatic carbocycles. The Hall–Kier alpha value is -3.03. The van der Waals surface area contributed by atoms with Crippen LogP contribution in [0.1, 0.15) is 39.0 Å². The molecule has 0 aliphatic carbocycles. The maximum atomic E-state index is 15.0. The second-order valence-corrected chi connectivity index (χ2v) is 8.41. The van der Waals surface area contributed by atoms with Crippen molar-refractivity contribution in [3.05, 3.63) is 76.2 Å². The fraction of sp³-hybridized carbons (Fsp3) is 0.360. The van der Waals surface area contributed by atoms with Gasteiger partial charge in [0, 0.05) is 25.4 Å². The molecule has 1 fully saturated rings. The third-order valence-electron chi connectivity index (χ3n) is 6.17. The van der Waals surface area contributed by atoms with Gasteiger partial charge in [0.1, 0.15) is 5.82 Å². The van der Waals surface area contributed by atoms with E-state index in [0.29, 0.717) is 25.0 Å². The van der Waals surface area contributed by atoms with Crippen LogP contribution in [0, 0.1) is 19.7 Å². The highest BCUT2D eigenvalue weighted by atomic mass is 19.1. The van der Waals surface area contributed by atoms with Crippen molar-refractivity contribution in [1.29, 1.82) is 0 Å². The summed E-state index contributed by atoms with van der Waals surface area (Å²) in [6.07, 6.45) is 2.23. The van der Waals surface area contributed by atoms with Crippen LogP contribution < -0.4 is 5.32 Å². The number of nitrogens with zero attached hydrogens (tertiary/aromatic N) is 2. The molecule has 1 aromatic heterocycles. The molecule has 1 aliphatic rings. The van der Waals surface area contributed by atoms with Gasteiger partial charge in [-0.25, -0.2) is 4.39 Å². The summed E-state index contributed by atoms with van der Waals surface area (Å²) in [6, 6.07) is 11.1. The van der Waals surface area contributed by atoms with E-state index in [-0.39, 0.29) is 12.2 Å². The van der Waals surface area contributed by atoms with Gasteiger partial charge in [-0.3, -0.25) is 9.48 Å². The van der Waals surface area contributed by atoms with Gasteiger partial charge in [0.25, 0.3) is 5.91 Å². The molecule has 3 aromatic rings. The summed E-state index contributed by atoms with van der Waals surface area (Å²) in [5.74, 6) is -1.06. The summed E-state index contributed by atoms with van der Waals surface area (Å²) in [4.78, 5) is 12.8. The topological polar surface area (TPSA) is 76.4 Å². The SMILES string of the molecule is Cc1c(Cc2ccc(-c3ccn(C)n3)cc2)cc(C(=O)N[C@H]2COCC[C@@H]2O)c(F)c1C. The average molecular weight is 438 g/mol. The summed E-state index contributed by atoms with van der Waals surface area (Å²) in [5.41, 5.74) is 5.15. The van der Waals surface area contributed by atoms with Crippen LogP contribution in [0.4, 0.5) is 4.39 Å². The van der Waals surface area contributed by atoms with Crippen molar-refractivity contribution in [2.24, 2.45) is 7.05 Å². The fourth-order valence-corrected chi connectivity index (χ4v) is 4.00. The average Bonchev–Trinajstić information content (AvgIpc) is 3.22. The number of amides is 1. The van der Waals surface area contributed by atoms with E-state index in [1.54, 1.807) is 17.7 Å².